The van der Waals surface area contributed by atoms with E-state index in [9.17, 15) is 0 Å². The van der Waals surface area contributed by atoms with Crippen molar-refractivity contribution in [1.82, 2.24) is 4.98 Å². The van der Waals surface area contributed by atoms with Crippen LogP contribution in [0.2, 0.25) is 0 Å². The molecule has 0 aliphatic carbocycles. The Morgan fingerprint density at radius 1 is 1.67 bits per heavy atom. The SMILES string of the molecule is Cc1nc2occc2s1. The van der Waals surface area contributed by atoms with E-state index in [1.54, 1.807) is 17.6 Å². The van der Waals surface area contributed by atoms with Crippen molar-refractivity contribution in [2.24, 2.45) is 0 Å². The maximum atomic E-state index is 5.04. The zero-order chi connectivity index (χ0) is 6.27. The fourth-order valence-electron chi connectivity index (χ4n) is 0.774. The van der Waals surface area contributed by atoms with E-state index in [2.05, 4.69) is 4.98 Å². The van der Waals surface area contributed by atoms with Gasteiger partial charge in [-0.3, -0.25) is 0 Å². The normalized spacial score (nSPS) is 10.8. The summed E-state index contributed by atoms with van der Waals surface area (Å²) in [5.74, 6) is 0. The average molecular weight is 139 g/mol. The molecule has 0 amide bonds. The van der Waals surface area contributed by atoms with Crippen molar-refractivity contribution in [3.8, 4) is 0 Å². The van der Waals surface area contributed by atoms with Gasteiger partial charge in [0.2, 0.25) is 5.71 Å². The van der Waals surface area contributed by atoms with Crippen LogP contribution >= 0.6 is 11.3 Å². The molecule has 2 aromatic heterocycles. The summed E-state index contributed by atoms with van der Waals surface area (Å²) in [6, 6.07) is 1.93. The smallest absolute Gasteiger partial charge is 0.237 e. The van der Waals surface area contributed by atoms with Gasteiger partial charge in [-0.15, -0.1) is 11.3 Å². The zero-order valence-corrected chi connectivity index (χ0v) is 5.73. The molecule has 0 spiro atoms. The highest BCUT2D eigenvalue weighted by molar-refractivity contribution is 7.18. The van der Waals surface area contributed by atoms with Crippen molar-refractivity contribution in [2.75, 3.05) is 0 Å². The molecule has 0 unspecified atom stereocenters. The Kier molecular flexibility index (Phi) is 0.873. The molecule has 0 saturated heterocycles. The first kappa shape index (κ1) is 4.99. The molecule has 2 rings (SSSR count). The van der Waals surface area contributed by atoms with E-state index in [0.717, 1.165) is 15.4 Å². The van der Waals surface area contributed by atoms with E-state index >= 15 is 0 Å². The number of thiazole rings is 1. The predicted octanol–water partition coefficient (Wildman–Crippen LogP) is 2.20. The Hall–Kier alpha value is -0.830. The third-order valence-electron chi connectivity index (χ3n) is 1.13. The van der Waals surface area contributed by atoms with Gasteiger partial charge in [-0.25, -0.2) is 4.98 Å². The number of fused-ring (bicyclic) bond motifs is 1. The molecule has 46 valence electrons. The minimum Gasteiger partial charge on any atom is -0.445 e. The maximum Gasteiger partial charge on any atom is 0.237 e. The number of rotatable bonds is 0. The van der Waals surface area contributed by atoms with Gasteiger partial charge in [0.1, 0.15) is 0 Å². The molecule has 0 fully saturated rings. The van der Waals surface area contributed by atoms with E-state index in [1.165, 1.54) is 0 Å². The van der Waals surface area contributed by atoms with Crippen LogP contribution in [0.3, 0.4) is 0 Å². The van der Waals surface area contributed by atoms with E-state index in [4.69, 9.17) is 4.42 Å². The lowest BCUT2D eigenvalue weighted by Gasteiger charge is -1.69. The number of furan rings is 1. The Morgan fingerprint density at radius 3 is 3.33 bits per heavy atom. The van der Waals surface area contributed by atoms with Crippen LogP contribution in [0.15, 0.2) is 16.7 Å². The van der Waals surface area contributed by atoms with Gasteiger partial charge in [0.15, 0.2) is 0 Å². The molecule has 2 nitrogen and oxygen atoms in total. The molecule has 0 aromatic carbocycles. The van der Waals surface area contributed by atoms with Crippen molar-refractivity contribution in [2.45, 2.75) is 6.92 Å². The van der Waals surface area contributed by atoms with E-state index in [-0.39, 0.29) is 0 Å². The van der Waals surface area contributed by atoms with Crippen LogP contribution in [-0.4, -0.2) is 4.98 Å². The molecule has 2 aromatic rings. The fourth-order valence-corrected chi connectivity index (χ4v) is 1.53. The van der Waals surface area contributed by atoms with Crippen molar-refractivity contribution < 1.29 is 4.42 Å². The molecule has 0 saturated carbocycles. The van der Waals surface area contributed by atoms with Gasteiger partial charge in [0.05, 0.1) is 16.0 Å². The molecule has 0 atom stereocenters. The Bertz CT molecular complexity index is 294. The maximum absolute atomic E-state index is 5.04. The van der Waals surface area contributed by atoms with Crippen molar-refractivity contribution in [1.29, 1.82) is 0 Å². The zero-order valence-electron chi connectivity index (χ0n) is 4.92. The molecule has 9 heavy (non-hydrogen) atoms. The number of nitrogens with zero attached hydrogens (tertiary/aromatic N) is 1. The van der Waals surface area contributed by atoms with E-state index in [1.807, 2.05) is 13.0 Å². The van der Waals surface area contributed by atoms with Crippen LogP contribution in [0.5, 0.6) is 0 Å². The summed E-state index contributed by atoms with van der Waals surface area (Å²) in [7, 11) is 0. The summed E-state index contributed by atoms with van der Waals surface area (Å²) in [6.45, 7) is 1.97. The van der Waals surface area contributed by atoms with E-state index < -0.39 is 0 Å². The van der Waals surface area contributed by atoms with Crippen LogP contribution in [0, 0.1) is 6.92 Å². The van der Waals surface area contributed by atoms with E-state index in [0.29, 0.717) is 0 Å². The number of aryl methyl sites for hydroxylation is 1. The Labute approximate surface area is 56.1 Å². The lowest BCUT2D eigenvalue weighted by molar-refractivity contribution is 0.603. The van der Waals surface area contributed by atoms with Gasteiger partial charge < -0.3 is 4.42 Å². The monoisotopic (exact) mass is 139 g/mol. The standard InChI is InChI=1S/C6H5NOS/c1-4-7-6-5(9-4)2-3-8-6/h2-3H,1H3. The largest absolute Gasteiger partial charge is 0.445 e. The highest BCUT2D eigenvalue weighted by atomic mass is 32.1. The van der Waals surface area contributed by atoms with Crippen LogP contribution in [-0.2, 0) is 0 Å². The second-order valence-corrected chi connectivity index (χ2v) is 3.06. The van der Waals surface area contributed by atoms with Crippen LogP contribution in [0.4, 0.5) is 0 Å². The summed E-state index contributed by atoms with van der Waals surface area (Å²) in [5, 5.41) is 1.06. The summed E-state index contributed by atoms with van der Waals surface area (Å²) in [4.78, 5) is 4.12. The number of hydrogen-bond acceptors (Lipinski definition) is 3. The third kappa shape index (κ3) is 0.650. The second-order valence-electron chi connectivity index (χ2n) is 1.82. The minimum absolute atomic E-state index is 0.762. The Balaban J connectivity index is 2.92. The van der Waals surface area contributed by atoms with Crippen LogP contribution < -0.4 is 0 Å². The van der Waals surface area contributed by atoms with Gasteiger partial charge in [0, 0.05) is 0 Å². The lowest BCUT2D eigenvalue weighted by atomic mass is 10.6. The topological polar surface area (TPSA) is 26.0 Å². The first-order valence-corrected chi connectivity index (χ1v) is 3.48. The van der Waals surface area contributed by atoms with Crippen LogP contribution in [0.1, 0.15) is 5.01 Å². The highest BCUT2D eigenvalue weighted by Gasteiger charge is 1.99. The van der Waals surface area contributed by atoms with Crippen molar-refractivity contribution in [3.63, 3.8) is 0 Å². The summed E-state index contributed by atoms with van der Waals surface area (Å²) >= 11 is 1.65. The first-order chi connectivity index (χ1) is 4.36. The predicted molar refractivity (Wildman–Crippen MR) is 36.6 cm³/mol. The minimum atomic E-state index is 0.762. The summed E-state index contributed by atoms with van der Waals surface area (Å²) in [6.07, 6.45) is 1.66. The van der Waals surface area contributed by atoms with Crippen molar-refractivity contribution in [3.05, 3.63) is 17.3 Å². The number of aromatic nitrogens is 1. The molecule has 0 radical (unpaired) electrons. The van der Waals surface area contributed by atoms with Crippen molar-refractivity contribution >= 4 is 21.8 Å². The molecular weight excluding hydrogens is 134 g/mol. The van der Waals surface area contributed by atoms with Gasteiger partial charge in [-0.2, -0.15) is 0 Å². The average Bonchev–Trinajstić information content (AvgIpc) is 2.22. The summed E-state index contributed by atoms with van der Waals surface area (Å²) < 4.78 is 6.17. The second kappa shape index (κ2) is 1.57. The molecule has 0 aliphatic rings. The van der Waals surface area contributed by atoms with Crippen LogP contribution in [0.25, 0.3) is 10.4 Å². The lowest BCUT2D eigenvalue weighted by Crippen LogP contribution is -1.61. The molecule has 0 bridgehead atoms. The quantitative estimate of drug-likeness (QED) is 0.559. The van der Waals surface area contributed by atoms with Gasteiger partial charge in [-0.1, -0.05) is 0 Å². The fraction of sp³-hybridized carbons (Fsp3) is 0.167. The first-order valence-electron chi connectivity index (χ1n) is 2.67. The molecule has 0 aliphatic heterocycles. The molecule has 3 heteroatoms. The van der Waals surface area contributed by atoms with Gasteiger partial charge in [-0.05, 0) is 13.0 Å². The molecule has 2 heterocycles. The van der Waals surface area contributed by atoms with Gasteiger partial charge >= 0.3 is 0 Å². The molecular formula is C6H5NOS. The summed E-state index contributed by atoms with van der Waals surface area (Å²) in [5.41, 5.74) is 0.762. The highest BCUT2D eigenvalue weighted by Crippen LogP contribution is 2.21. The molecule has 0 N–H and O–H groups in total. The Morgan fingerprint density at radius 2 is 2.56 bits per heavy atom. The third-order valence-corrected chi connectivity index (χ3v) is 2.04. The number of hydrogen-bond donors (Lipinski definition) is 0. The van der Waals surface area contributed by atoms with Gasteiger partial charge in [0.25, 0.3) is 0 Å².